The van der Waals surface area contributed by atoms with Gasteiger partial charge in [0.05, 0.1) is 5.04 Å². The maximum atomic E-state index is 12.9. The smallest absolute Gasteiger partial charge is 0.248 e. The van der Waals surface area contributed by atoms with Crippen molar-refractivity contribution >= 4 is 33.8 Å². The summed E-state index contributed by atoms with van der Waals surface area (Å²) in [5.41, 5.74) is 6.77. The van der Waals surface area contributed by atoms with E-state index in [4.69, 9.17) is 11.1 Å². The number of amidine groups is 1. The highest BCUT2D eigenvalue weighted by Gasteiger charge is 2.68. The van der Waals surface area contributed by atoms with Gasteiger partial charge in [-0.1, -0.05) is 13.8 Å². The second-order valence-corrected chi connectivity index (χ2v) is 14.1. The molecule has 6 aliphatic rings. The van der Waals surface area contributed by atoms with Gasteiger partial charge in [0.2, 0.25) is 11.8 Å². The topological polar surface area (TPSA) is 108 Å². The summed E-state index contributed by atoms with van der Waals surface area (Å²) in [4.78, 5) is 29.4. The van der Waals surface area contributed by atoms with Crippen LogP contribution in [0.3, 0.4) is 0 Å². The Morgan fingerprint density at radius 2 is 1.82 bits per heavy atom. The average molecular weight is 485 g/mol. The van der Waals surface area contributed by atoms with E-state index in [1.807, 2.05) is 0 Å². The first-order valence-corrected chi connectivity index (χ1v) is 14.4. The van der Waals surface area contributed by atoms with Crippen LogP contribution in [-0.4, -0.2) is 28.1 Å². The maximum Gasteiger partial charge on any atom is 0.248 e. The molecule has 1 heterocycles. The lowest BCUT2D eigenvalue weighted by Gasteiger charge is -2.63. The van der Waals surface area contributed by atoms with Crippen molar-refractivity contribution in [3.05, 3.63) is 0 Å². The van der Waals surface area contributed by atoms with Gasteiger partial charge >= 0.3 is 0 Å². The highest BCUT2D eigenvalue weighted by Crippen LogP contribution is 2.72. The first-order valence-electron chi connectivity index (χ1n) is 13.6. The van der Waals surface area contributed by atoms with E-state index in [1.165, 1.54) is 50.3 Å². The Bertz CT molecular complexity index is 956. The van der Waals surface area contributed by atoms with Gasteiger partial charge in [0.15, 0.2) is 5.17 Å². The molecular formula is C27H40N4O2S. The number of nitrogens with two attached hydrogens (primary N) is 1. The lowest BCUT2D eigenvalue weighted by atomic mass is 9.44. The zero-order valence-electron chi connectivity index (χ0n) is 20.7. The largest absolute Gasteiger partial charge is 0.378 e. The van der Waals surface area contributed by atoms with Crippen LogP contribution in [0.15, 0.2) is 4.99 Å². The van der Waals surface area contributed by atoms with Gasteiger partial charge in [0.1, 0.15) is 0 Å². The summed E-state index contributed by atoms with van der Waals surface area (Å²) >= 11 is 1.17. The van der Waals surface area contributed by atoms with Crippen LogP contribution in [0.25, 0.3) is 0 Å². The van der Waals surface area contributed by atoms with Crippen molar-refractivity contribution in [2.75, 3.05) is 0 Å². The van der Waals surface area contributed by atoms with Crippen molar-refractivity contribution in [2.45, 2.75) is 96.9 Å². The molecule has 186 valence electrons. The second-order valence-electron chi connectivity index (χ2n) is 13.1. The quantitative estimate of drug-likeness (QED) is 0.392. The Balaban J connectivity index is 1.17. The highest BCUT2D eigenvalue weighted by atomic mass is 32.2. The van der Waals surface area contributed by atoms with Crippen LogP contribution in [-0.2, 0) is 9.59 Å². The van der Waals surface area contributed by atoms with Crippen molar-refractivity contribution in [3.63, 3.8) is 0 Å². The summed E-state index contributed by atoms with van der Waals surface area (Å²) in [6, 6.07) is 0.370. The van der Waals surface area contributed by atoms with E-state index in [0.717, 1.165) is 31.6 Å². The molecule has 0 aromatic carbocycles. The number of nitrogens with zero attached hydrogens (tertiary/aromatic N) is 1. The van der Waals surface area contributed by atoms with Crippen molar-refractivity contribution in [1.29, 1.82) is 5.41 Å². The molecule has 5 aliphatic carbocycles. The van der Waals surface area contributed by atoms with Crippen LogP contribution in [0.2, 0.25) is 0 Å². The first kappa shape index (κ1) is 23.1. The van der Waals surface area contributed by atoms with Crippen LogP contribution in [0.4, 0.5) is 0 Å². The molecule has 7 heteroatoms. The fourth-order valence-corrected chi connectivity index (χ4v) is 9.97. The highest BCUT2D eigenvalue weighted by molar-refractivity contribution is 8.26. The van der Waals surface area contributed by atoms with Crippen molar-refractivity contribution in [1.82, 2.24) is 5.32 Å². The van der Waals surface area contributed by atoms with E-state index >= 15 is 0 Å². The van der Waals surface area contributed by atoms with Gasteiger partial charge in [-0.2, -0.15) is 4.99 Å². The molecule has 1 spiro atoms. The van der Waals surface area contributed by atoms with Crippen LogP contribution in [0.1, 0.15) is 90.9 Å². The Kier molecular flexibility index (Phi) is 5.30. The van der Waals surface area contributed by atoms with Gasteiger partial charge in [-0.05, 0) is 116 Å². The number of carbonyl (C=O) groups is 2. The summed E-state index contributed by atoms with van der Waals surface area (Å²) in [5, 5.41) is 12.3. The SMILES string of the molecule is CC12CCC3C(CC4(CC4)C4NC(=O)CCC34C)C1CCC2CC(=O)N=C(N)SC(=N)C1CC1. The maximum absolute atomic E-state index is 12.9. The molecule has 34 heavy (non-hydrogen) atoms. The minimum Gasteiger partial charge on any atom is -0.378 e. The average Bonchev–Trinajstić information content (AvgIpc) is 3.69. The summed E-state index contributed by atoms with van der Waals surface area (Å²) < 4.78 is 0. The Morgan fingerprint density at radius 3 is 2.53 bits per heavy atom. The molecule has 6 rings (SSSR count). The van der Waals surface area contributed by atoms with Gasteiger partial charge in [0.25, 0.3) is 0 Å². The zero-order chi connectivity index (χ0) is 23.9. The standard InChI is InChI=1S/C27H40N4O2S/c1-25-9-7-19-17(14-27(11-12-27)23-26(19,2)10-8-20(32)30-23)18(25)6-5-16(25)13-21(33)31-24(29)34-22(28)15-3-4-15/h15-19,23,28H,3-14H2,1-2H3,(H,30,32)(H2,29,31,33). The molecule has 6 fully saturated rings. The van der Waals surface area contributed by atoms with Gasteiger partial charge in [-0.15, -0.1) is 0 Å². The molecule has 7 unspecified atom stereocenters. The molecule has 6 nitrogen and oxygen atoms in total. The normalized spacial score (nSPS) is 44.6. The third-order valence-corrected chi connectivity index (χ3v) is 12.2. The third kappa shape index (κ3) is 3.58. The summed E-state index contributed by atoms with van der Waals surface area (Å²) in [6.45, 7) is 4.95. The summed E-state index contributed by atoms with van der Waals surface area (Å²) in [5.74, 6) is 2.96. The molecule has 2 amide bonds. The number of thioether (sulfide) groups is 1. The molecule has 4 N–H and O–H groups in total. The fraction of sp³-hybridized carbons (Fsp3) is 0.852. The molecule has 0 bridgehead atoms. The van der Waals surface area contributed by atoms with E-state index in [1.54, 1.807) is 0 Å². The number of rotatable bonds is 3. The number of nitrogens with one attached hydrogen (secondary N) is 2. The third-order valence-electron chi connectivity index (χ3n) is 11.3. The van der Waals surface area contributed by atoms with Crippen LogP contribution in [0, 0.1) is 51.2 Å². The van der Waals surface area contributed by atoms with E-state index in [0.29, 0.717) is 53.0 Å². The summed E-state index contributed by atoms with van der Waals surface area (Å²) in [7, 11) is 0. The van der Waals surface area contributed by atoms with E-state index in [9.17, 15) is 9.59 Å². The Labute approximate surface area is 207 Å². The van der Waals surface area contributed by atoms with Gasteiger partial charge < -0.3 is 11.1 Å². The number of carbonyl (C=O) groups excluding carboxylic acids is 2. The summed E-state index contributed by atoms with van der Waals surface area (Å²) in [6.07, 6.45) is 12.9. The Morgan fingerprint density at radius 1 is 1.09 bits per heavy atom. The number of hydrogen-bond donors (Lipinski definition) is 3. The molecule has 0 aromatic rings. The number of amides is 2. The fourth-order valence-electron chi connectivity index (χ4n) is 9.20. The van der Waals surface area contributed by atoms with Crippen LogP contribution in [0.5, 0.6) is 0 Å². The number of aliphatic imine (C=N–C) groups is 1. The minimum atomic E-state index is -0.105. The van der Waals surface area contributed by atoms with Crippen LogP contribution >= 0.6 is 11.8 Å². The van der Waals surface area contributed by atoms with Crippen LogP contribution < -0.4 is 11.1 Å². The van der Waals surface area contributed by atoms with Gasteiger partial charge in [-0.25, -0.2) is 0 Å². The Hall–Kier alpha value is -1.37. The molecule has 1 aliphatic heterocycles. The van der Waals surface area contributed by atoms with Crippen molar-refractivity contribution in [3.8, 4) is 0 Å². The predicted octanol–water partition coefficient (Wildman–Crippen LogP) is 4.87. The molecule has 7 atom stereocenters. The molecule has 0 radical (unpaired) electrons. The lowest BCUT2D eigenvalue weighted by Crippen LogP contribution is -2.65. The van der Waals surface area contributed by atoms with E-state index < -0.39 is 0 Å². The molecule has 5 saturated carbocycles. The van der Waals surface area contributed by atoms with Crippen molar-refractivity contribution < 1.29 is 9.59 Å². The van der Waals surface area contributed by atoms with E-state index in [-0.39, 0.29) is 27.8 Å². The minimum absolute atomic E-state index is 0.105. The van der Waals surface area contributed by atoms with E-state index in [2.05, 4.69) is 24.2 Å². The van der Waals surface area contributed by atoms with Gasteiger partial charge in [-0.3, -0.25) is 15.0 Å². The monoisotopic (exact) mass is 484 g/mol. The van der Waals surface area contributed by atoms with Gasteiger partial charge in [0, 0.05) is 24.8 Å². The second kappa shape index (κ2) is 7.81. The lowest BCUT2D eigenvalue weighted by molar-refractivity contribution is -0.147. The number of piperidine rings is 1. The predicted molar refractivity (Wildman–Crippen MR) is 135 cm³/mol. The first-order chi connectivity index (χ1) is 16.1. The number of fused-ring (bicyclic) bond motifs is 6. The van der Waals surface area contributed by atoms with Crippen molar-refractivity contribution in [2.24, 2.45) is 56.6 Å². The zero-order valence-corrected chi connectivity index (χ0v) is 21.5. The molecular weight excluding hydrogens is 444 g/mol. The molecule has 0 aromatic heterocycles. The number of hydrogen-bond acceptors (Lipinski definition) is 4. The molecule has 1 saturated heterocycles.